The van der Waals surface area contributed by atoms with Crippen LogP contribution in [0.2, 0.25) is 0 Å². The van der Waals surface area contributed by atoms with Crippen molar-refractivity contribution in [3.8, 4) is 0 Å². The second-order valence-corrected chi connectivity index (χ2v) is 3.84. The zero-order chi connectivity index (χ0) is 11.9. The molecular weight excluding hydrogens is 188 g/mol. The van der Waals surface area contributed by atoms with Gasteiger partial charge in [0.15, 0.2) is 5.78 Å². The lowest BCUT2D eigenvalue weighted by molar-refractivity contribution is -0.144. The van der Waals surface area contributed by atoms with Crippen LogP contribution in [0.3, 0.4) is 0 Å². The molecule has 0 aliphatic rings. The quantitative estimate of drug-likeness (QED) is 0.575. The van der Waals surface area contributed by atoms with Crippen molar-refractivity contribution in [2.75, 3.05) is 6.61 Å². The van der Waals surface area contributed by atoms with Gasteiger partial charge in [-0.05, 0) is 26.2 Å². The van der Waals surface area contributed by atoms with Gasteiger partial charge in [-0.15, -0.1) is 0 Å². The van der Waals surface area contributed by atoms with E-state index in [0.717, 1.165) is 24.8 Å². The molecule has 0 unspecified atom stereocenters. The third-order valence-electron chi connectivity index (χ3n) is 2.98. The van der Waals surface area contributed by atoms with Gasteiger partial charge < -0.3 is 4.74 Å². The average molecular weight is 212 g/mol. The van der Waals surface area contributed by atoms with E-state index in [1.807, 2.05) is 27.7 Å². The molecule has 0 heterocycles. The Hall–Kier alpha value is -0.630. The Morgan fingerprint density at radius 1 is 1.20 bits per heavy atom. The first-order valence-electron chi connectivity index (χ1n) is 5.90. The fourth-order valence-electron chi connectivity index (χ4n) is 1.72. The Kier molecular flexibility index (Phi) is 6.50. The number of ketones is 1. The Morgan fingerprint density at radius 3 is 2.07 bits per heavy atom. The van der Waals surface area contributed by atoms with E-state index in [2.05, 4.69) is 6.58 Å². The van der Waals surface area contributed by atoms with Crippen LogP contribution in [0.4, 0.5) is 0 Å². The molecule has 0 aromatic heterocycles. The van der Waals surface area contributed by atoms with Crippen LogP contribution in [0.5, 0.6) is 0 Å². The number of hydrogen-bond acceptors (Lipinski definition) is 2. The van der Waals surface area contributed by atoms with E-state index in [-0.39, 0.29) is 5.78 Å². The number of ether oxygens (including phenoxy) is 1. The molecule has 0 aromatic rings. The van der Waals surface area contributed by atoms with Crippen LogP contribution in [0.1, 0.15) is 53.4 Å². The summed E-state index contributed by atoms with van der Waals surface area (Å²) in [7, 11) is 0. The number of hydrogen-bond donors (Lipinski definition) is 0. The second-order valence-electron chi connectivity index (χ2n) is 3.84. The van der Waals surface area contributed by atoms with Gasteiger partial charge in [0.05, 0.1) is 0 Å². The molecular formula is C13H24O2. The predicted molar refractivity (Wildman–Crippen MR) is 64.0 cm³/mol. The van der Waals surface area contributed by atoms with Crippen molar-refractivity contribution < 1.29 is 9.53 Å². The number of Topliss-reactive ketones (excluding diaryl/α,β-unsaturated/α-hetero) is 1. The Balaban J connectivity index is 4.60. The third kappa shape index (κ3) is 3.78. The Morgan fingerprint density at radius 2 is 1.73 bits per heavy atom. The van der Waals surface area contributed by atoms with Gasteiger partial charge in [-0.2, -0.15) is 0 Å². The van der Waals surface area contributed by atoms with Gasteiger partial charge in [0, 0.05) is 13.0 Å². The molecule has 0 radical (unpaired) electrons. The molecule has 0 aliphatic heterocycles. The molecule has 0 rings (SSSR count). The minimum Gasteiger partial charge on any atom is -0.368 e. The summed E-state index contributed by atoms with van der Waals surface area (Å²) < 4.78 is 5.64. The summed E-state index contributed by atoms with van der Waals surface area (Å²) in [5.74, 6) is 0.182. The number of carbonyl (C=O) groups excluding carboxylic acids is 1. The van der Waals surface area contributed by atoms with E-state index in [1.165, 1.54) is 0 Å². The maximum Gasteiger partial charge on any atom is 0.168 e. The van der Waals surface area contributed by atoms with E-state index in [9.17, 15) is 4.79 Å². The molecule has 0 aromatic carbocycles. The second kappa shape index (κ2) is 6.78. The van der Waals surface area contributed by atoms with Crippen LogP contribution < -0.4 is 0 Å². The number of rotatable bonds is 8. The standard InChI is InChI=1S/C13H24O2/c1-6-11(5)10-12(14)13(7-2,8-3)15-9-4/h5-10H2,1-4H3. The summed E-state index contributed by atoms with van der Waals surface area (Å²) >= 11 is 0. The molecule has 2 heteroatoms. The normalized spacial score (nSPS) is 11.5. The van der Waals surface area contributed by atoms with Crippen LogP contribution >= 0.6 is 0 Å². The summed E-state index contributed by atoms with van der Waals surface area (Å²) in [5, 5.41) is 0. The van der Waals surface area contributed by atoms with Crippen LogP contribution in [0.15, 0.2) is 12.2 Å². The van der Waals surface area contributed by atoms with Crippen molar-refractivity contribution in [1.29, 1.82) is 0 Å². The molecule has 0 saturated heterocycles. The summed E-state index contributed by atoms with van der Waals surface area (Å²) in [6.45, 7) is 12.4. The predicted octanol–water partition coefficient (Wildman–Crippen LogP) is 3.51. The molecule has 0 atom stereocenters. The lowest BCUT2D eigenvalue weighted by Gasteiger charge is -2.30. The maximum atomic E-state index is 12.1. The Bertz CT molecular complexity index is 215. The van der Waals surface area contributed by atoms with Gasteiger partial charge in [-0.25, -0.2) is 0 Å². The highest BCUT2D eigenvalue weighted by molar-refractivity contribution is 5.89. The molecule has 0 aliphatic carbocycles. The van der Waals surface area contributed by atoms with Crippen LogP contribution in [0, 0.1) is 0 Å². The molecule has 0 fully saturated rings. The maximum absolute atomic E-state index is 12.1. The number of carbonyl (C=O) groups is 1. The van der Waals surface area contributed by atoms with Crippen LogP contribution in [0.25, 0.3) is 0 Å². The van der Waals surface area contributed by atoms with Gasteiger partial charge in [0.2, 0.25) is 0 Å². The average Bonchev–Trinajstić information content (AvgIpc) is 2.25. The molecule has 88 valence electrons. The molecule has 0 amide bonds. The highest BCUT2D eigenvalue weighted by Gasteiger charge is 2.34. The Labute approximate surface area is 93.7 Å². The lowest BCUT2D eigenvalue weighted by atomic mass is 9.88. The fourth-order valence-corrected chi connectivity index (χ4v) is 1.72. The van der Waals surface area contributed by atoms with Crippen molar-refractivity contribution in [3.63, 3.8) is 0 Å². The van der Waals surface area contributed by atoms with E-state index in [0.29, 0.717) is 13.0 Å². The minimum absolute atomic E-state index is 0.182. The highest BCUT2D eigenvalue weighted by atomic mass is 16.5. The monoisotopic (exact) mass is 212 g/mol. The van der Waals surface area contributed by atoms with E-state index in [1.54, 1.807) is 0 Å². The molecule has 0 saturated carbocycles. The van der Waals surface area contributed by atoms with Gasteiger partial charge in [-0.1, -0.05) is 32.9 Å². The van der Waals surface area contributed by atoms with Crippen molar-refractivity contribution in [3.05, 3.63) is 12.2 Å². The van der Waals surface area contributed by atoms with Crippen molar-refractivity contribution in [2.24, 2.45) is 0 Å². The van der Waals surface area contributed by atoms with Gasteiger partial charge in [0.1, 0.15) is 5.60 Å². The van der Waals surface area contributed by atoms with Gasteiger partial charge >= 0.3 is 0 Å². The molecule has 0 bridgehead atoms. The molecule has 2 nitrogen and oxygen atoms in total. The first kappa shape index (κ1) is 14.4. The summed E-state index contributed by atoms with van der Waals surface area (Å²) in [6.07, 6.45) is 2.81. The van der Waals surface area contributed by atoms with Crippen molar-refractivity contribution >= 4 is 5.78 Å². The van der Waals surface area contributed by atoms with E-state index < -0.39 is 5.60 Å². The minimum atomic E-state index is -0.577. The summed E-state index contributed by atoms with van der Waals surface area (Å²) in [5.41, 5.74) is 0.415. The topological polar surface area (TPSA) is 26.3 Å². The lowest BCUT2D eigenvalue weighted by Crippen LogP contribution is -2.40. The van der Waals surface area contributed by atoms with Gasteiger partial charge in [-0.3, -0.25) is 4.79 Å². The first-order chi connectivity index (χ1) is 7.06. The van der Waals surface area contributed by atoms with Crippen molar-refractivity contribution in [2.45, 2.75) is 59.0 Å². The summed E-state index contributed by atoms with van der Waals surface area (Å²) in [4.78, 5) is 12.1. The highest BCUT2D eigenvalue weighted by Crippen LogP contribution is 2.25. The van der Waals surface area contributed by atoms with Crippen molar-refractivity contribution in [1.82, 2.24) is 0 Å². The molecule has 0 spiro atoms. The zero-order valence-corrected chi connectivity index (χ0v) is 10.6. The largest absolute Gasteiger partial charge is 0.368 e. The zero-order valence-electron chi connectivity index (χ0n) is 10.6. The van der Waals surface area contributed by atoms with Crippen LogP contribution in [-0.4, -0.2) is 18.0 Å². The van der Waals surface area contributed by atoms with E-state index >= 15 is 0 Å². The fraction of sp³-hybridized carbons (Fsp3) is 0.769. The first-order valence-corrected chi connectivity index (χ1v) is 5.90. The summed E-state index contributed by atoms with van der Waals surface area (Å²) in [6, 6.07) is 0. The SMILES string of the molecule is C=C(CC)CC(=O)C(CC)(CC)OCC. The molecule has 0 N–H and O–H groups in total. The van der Waals surface area contributed by atoms with Crippen LogP contribution in [-0.2, 0) is 9.53 Å². The van der Waals surface area contributed by atoms with E-state index in [4.69, 9.17) is 4.74 Å². The number of allylic oxidation sites excluding steroid dienone is 1. The van der Waals surface area contributed by atoms with Gasteiger partial charge in [0.25, 0.3) is 0 Å². The third-order valence-corrected chi connectivity index (χ3v) is 2.98. The smallest absolute Gasteiger partial charge is 0.168 e. The molecule has 15 heavy (non-hydrogen) atoms.